The summed E-state index contributed by atoms with van der Waals surface area (Å²) in [5.74, 6) is 4.38. The van der Waals surface area contributed by atoms with Crippen LogP contribution in [0.2, 0.25) is 0 Å². The number of hydrogen-bond donors (Lipinski definition) is 0. The van der Waals surface area contributed by atoms with E-state index in [2.05, 4.69) is 102 Å². The van der Waals surface area contributed by atoms with E-state index in [-0.39, 0.29) is 0 Å². The maximum Gasteiger partial charge on any atom is 0.163 e. The van der Waals surface area contributed by atoms with Crippen LogP contribution in [-0.4, -0.2) is 19.9 Å². The first-order valence-corrected chi connectivity index (χ1v) is 19.5. The van der Waals surface area contributed by atoms with Crippen molar-refractivity contribution >= 4 is 17.2 Å². The molecule has 0 saturated carbocycles. The number of para-hydroxylation sites is 4. The summed E-state index contributed by atoms with van der Waals surface area (Å²) < 4.78 is 6.43. The Balaban J connectivity index is 1.16. The zero-order valence-corrected chi connectivity index (χ0v) is 31.6. The Hall–Kier alpha value is -7.70. The molecule has 6 heteroatoms. The van der Waals surface area contributed by atoms with E-state index in [4.69, 9.17) is 24.7 Å². The second-order valence-corrected chi connectivity index (χ2v) is 14.2. The van der Waals surface area contributed by atoms with Gasteiger partial charge in [0, 0.05) is 29.3 Å². The highest BCUT2D eigenvalue weighted by Crippen LogP contribution is 2.51. The maximum atomic E-state index is 6.43. The molecule has 3 heterocycles. The molecule has 9 aromatic rings. The number of pyridine rings is 1. The molecule has 0 bridgehead atoms. The average molecular weight is 748 g/mol. The Labute approximate surface area is 337 Å². The van der Waals surface area contributed by atoms with E-state index in [1.54, 1.807) is 0 Å². The zero-order chi connectivity index (χ0) is 38.7. The number of aryl methyl sites for hydroxylation is 2. The molecule has 0 fully saturated rings. The predicted octanol–water partition coefficient (Wildman–Crippen LogP) is 13.0. The quantitative estimate of drug-likeness (QED) is 0.146. The minimum absolute atomic E-state index is 0.555. The van der Waals surface area contributed by atoms with Crippen molar-refractivity contribution in [3.8, 4) is 67.7 Å². The Morgan fingerprint density at radius 2 is 0.879 bits per heavy atom. The molecule has 0 spiro atoms. The molecule has 0 radical (unpaired) electrons. The van der Waals surface area contributed by atoms with Crippen LogP contribution in [0.3, 0.4) is 0 Å². The summed E-state index contributed by atoms with van der Waals surface area (Å²) in [4.78, 5) is 22.7. The molecule has 276 valence electrons. The van der Waals surface area contributed by atoms with Gasteiger partial charge in [-0.25, -0.2) is 19.9 Å². The minimum atomic E-state index is 0.555. The first kappa shape index (κ1) is 34.8. The molecule has 1 aliphatic heterocycles. The van der Waals surface area contributed by atoms with Gasteiger partial charge in [0.2, 0.25) is 0 Å². The fraction of sp³-hybridized carbons (Fsp3) is 0.0385. The molecule has 0 atom stereocenters. The molecule has 7 aromatic carbocycles. The first-order chi connectivity index (χ1) is 28.8. The van der Waals surface area contributed by atoms with Gasteiger partial charge in [-0.05, 0) is 70.1 Å². The average Bonchev–Trinajstić information content (AvgIpc) is 3.31. The Kier molecular flexibility index (Phi) is 9.26. The number of nitrogens with zero attached hydrogens (tertiary/aromatic N) is 5. The van der Waals surface area contributed by atoms with Crippen molar-refractivity contribution in [3.05, 3.63) is 212 Å². The smallest absolute Gasteiger partial charge is 0.163 e. The van der Waals surface area contributed by atoms with E-state index in [9.17, 15) is 0 Å². The molecule has 10 rings (SSSR count). The molecule has 0 aliphatic carbocycles. The van der Waals surface area contributed by atoms with Gasteiger partial charge >= 0.3 is 0 Å². The van der Waals surface area contributed by atoms with Gasteiger partial charge in [0.15, 0.2) is 23.1 Å². The monoisotopic (exact) mass is 747 g/mol. The standard InChI is InChI=1S/C52H37N5O/c1-5-18-36(19-6-1)42-26-17-27-43(37-20-7-2-8-21-37)49(42)41-34-40(52(53-35-41)57-44-28-13-15-30-46(44)58-47-31-16-14-29-45(47)57)32-33-48-54-50(38-22-9-3-10-23-38)56-51(55-48)39-24-11-4-12-25-39/h1-31,34-35H,32-33H2. The molecule has 2 aromatic heterocycles. The van der Waals surface area contributed by atoms with Crippen molar-refractivity contribution in [2.75, 3.05) is 4.90 Å². The molecule has 58 heavy (non-hydrogen) atoms. The van der Waals surface area contributed by atoms with Gasteiger partial charge in [-0.3, -0.25) is 4.90 Å². The third-order valence-electron chi connectivity index (χ3n) is 10.5. The lowest BCUT2D eigenvalue weighted by Crippen LogP contribution is -2.19. The third-order valence-corrected chi connectivity index (χ3v) is 10.5. The molecular formula is C52H37N5O. The van der Waals surface area contributed by atoms with Gasteiger partial charge in [-0.2, -0.15) is 0 Å². The summed E-state index contributed by atoms with van der Waals surface area (Å²) in [5.41, 5.74) is 11.5. The third kappa shape index (κ3) is 6.77. The fourth-order valence-electron chi connectivity index (χ4n) is 7.75. The van der Waals surface area contributed by atoms with E-state index in [1.165, 1.54) is 0 Å². The molecule has 6 nitrogen and oxygen atoms in total. The van der Waals surface area contributed by atoms with Crippen molar-refractivity contribution in [3.63, 3.8) is 0 Å². The zero-order valence-electron chi connectivity index (χ0n) is 31.6. The van der Waals surface area contributed by atoms with Gasteiger partial charge in [0.05, 0.1) is 11.4 Å². The van der Waals surface area contributed by atoms with Crippen LogP contribution < -0.4 is 9.64 Å². The van der Waals surface area contributed by atoms with Gasteiger partial charge in [0.25, 0.3) is 0 Å². The van der Waals surface area contributed by atoms with Crippen LogP contribution in [0.4, 0.5) is 17.2 Å². The Morgan fingerprint density at radius 3 is 1.40 bits per heavy atom. The lowest BCUT2D eigenvalue weighted by atomic mass is 9.87. The number of fused-ring (bicyclic) bond motifs is 2. The Bertz CT molecular complexity index is 2710. The summed E-state index contributed by atoms with van der Waals surface area (Å²) in [6.45, 7) is 0. The number of ether oxygens (including phenoxy) is 1. The predicted molar refractivity (Wildman–Crippen MR) is 233 cm³/mol. The molecular weight excluding hydrogens is 711 g/mol. The minimum Gasteiger partial charge on any atom is -0.453 e. The van der Waals surface area contributed by atoms with Crippen molar-refractivity contribution < 1.29 is 4.74 Å². The molecule has 0 saturated heterocycles. The van der Waals surface area contributed by atoms with E-state index in [0.29, 0.717) is 30.3 Å². The highest BCUT2D eigenvalue weighted by molar-refractivity contribution is 5.95. The van der Waals surface area contributed by atoms with E-state index in [1.807, 2.05) is 103 Å². The van der Waals surface area contributed by atoms with Crippen LogP contribution in [0.1, 0.15) is 11.4 Å². The Morgan fingerprint density at radius 1 is 0.414 bits per heavy atom. The van der Waals surface area contributed by atoms with Crippen LogP contribution in [0, 0.1) is 0 Å². The van der Waals surface area contributed by atoms with Crippen molar-refractivity contribution in [1.29, 1.82) is 0 Å². The van der Waals surface area contributed by atoms with Crippen LogP contribution in [-0.2, 0) is 12.8 Å². The van der Waals surface area contributed by atoms with Gasteiger partial charge in [-0.1, -0.05) is 164 Å². The topological polar surface area (TPSA) is 64.0 Å². The fourth-order valence-corrected chi connectivity index (χ4v) is 7.75. The van der Waals surface area contributed by atoms with Crippen LogP contribution in [0.25, 0.3) is 56.2 Å². The summed E-state index contributed by atoms with van der Waals surface area (Å²) in [6.07, 6.45) is 3.19. The van der Waals surface area contributed by atoms with Crippen LogP contribution in [0.5, 0.6) is 11.5 Å². The summed E-state index contributed by atoms with van der Waals surface area (Å²) in [7, 11) is 0. The number of aromatic nitrogens is 4. The van der Waals surface area contributed by atoms with Crippen molar-refractivity contribution in [2.24, 2.45) is 0 Å². The normalized spacial score (nSPS) is 11.7. The van der Waals surface area contributed by atoms with Crippen LogP contribution in [0.15, 0.2) is 200 Å². The van der Waals surface area contributed by atoms with Crippen LogP contribution >= 0.6 is 0 Å². The number of anilines is 3. The maximum absolute atomic E-state index is 6.43. The van der Waals surface area contributed by atoms with Gasteiger partial charge in [-0.15, -0.1) is 0 Å². The summed E-state index contributed by atoms with van der Waals surface area (Å²) >= 11 is 0. The molecule has 0 N–H and O–H groups in total. The van der Waals surface area contributed by atoms with E-state index < -0.39 is 0 Å². The first-order valence-electron chi connectivity index (χ1n) is 19.5. The number of rotatable bonds is 9. The largest absolute Gasteiger partial charge is 0.453 e. The second kappa shape index (κ2) is 15.4. The molecule has 0 unspecified atom stereocenters. The number of benzene rings is 7. The van der Waals surface area contributed by atoms with E-state index >= 15 is 0 Å². The van der Waals surface area contributed by atoms with E-state index in [0.717, 1.165) is 78.8 Å². The SMILES string of the molecule is c1ccc(-c2nc(CCc3cc(-c4c(-c5ccccc5)cccc4-c4ccccc4)cnc3N3c4ccccc4Oc4ccccc43)nc(-c3ccccc3)n2)cc1. The summed E-state index contributed by atoms with van der Waals surface area (Å²) in [5, 5.41) is 0. The highest BCUT2D eigenvalue weighted by Gasteiger charge is 2.29. The lowest BCUT2D eigenvalue weighted by molar-refractivity contribution is 0.476. The lowest BCUT2D eigenvalue weighted by Gasteiger charge is -2.33. The second-order valence-electron chi connectivity index (χ2n) is 14.2. The van der Waals surface area contributed by atoms with Crippen molar-refractivity contribution in [1.82, 2.24) is 19.9 Å². The highest BCUT2D eigenvalue weighted by atomic mass is 16.5. The van der Waals surface area contributed by atoms with Gasteiger partial charge < -0.3 is 4.74 Å². The summed E-state index contributed by atoms with van der Waals surface area (Å²) in [6, 6.07) is 66.6. The number of hydrogen-bond acceptors (Lipinski definition) is 6. The van der Waals surface area contributed by atoms with Gasteiger partial charge in [0.1, 0.15) is 11.6 Å². The molecule has 0 amide bonds. The van der Waals surface area contributed by atoms with Crippen molar-refractivity contribution in [2.45, 2.75) is 12.8 Å². The molecule has 1 aliphatic rings.